The number of amides is 2. The van der Waals surface area contributed by atoms with Crippen molar-refractivity contribution in [2.24, 2.45) is 0 Å². The Bertz CT molecular complexity index is 1170. The molecule has 0 bridgehead atoms. The molecule has 1 fully saturated rings. The summed E-state index contributed by atoms with van der Waals surface area (Å²) in [7, 11) is 0. The van der Waals surface area contributed by atoms with Gasteiger partial charge in [-0.2, -0.15) is 0 Å². The van der Waals surface area contributed by atoms with E-state index in [1.54, 1.807) is 23.1 Å². The zero-order valence-electron chi connectivity index (χ0n) is 16.2. The van der Waals surface area contributed by atoms with Gasteiger partial charge >= 0.3 is 0 Å². The lowest BCUT2D eigenvalue weighted by Crippen LogP contribution is -2.43. The number of hydrogen-bond donors (Lipinski definition) is 1. The predicted octanol–water partition coefficient (Wildman–Crippen LogP) is 3.94. The number of anilines is 1. The maximum absolute atomic E-state index is 12.9. The minimum Gasteiger partial charge on any atom is -0.454 e. The third-order valence-corrected chi connectivity index (χ3v) is 6.54. The van der Waals surface area contributed by atoms with E-state index in [-0.39, 0.29) is 18.6 Å². The Hall–Kier alpha value is -2.98. The first-order valence-corrected chi connectivity index (χ1v) is 11.3. The number of hydrogen-bond acceptors (Lipinski definition) is 7. The summed E-state index contributed by atoms with van der Waals surface area (Å²) in [4.78, 5) is 27.5. The number of benzene rings is 2. The molecule has 3 aromatic rings. The largest absolute Gasteiger partial charge is 0.454 e. The van der Waals surface area contributed by atoms with Crippen LogP contribution in [0.1, 0.15) is 23.2 Å². The number of carbonyl (C=O) groups excluding carboxylic acids is 2. The smallest absolute Gasteiger partial charge is 0.254 e. The van der Waals surface area contributed by atoms with E-state index in [1.807, 2.05) is 24.3 Å². The minimum atomic E-state index is -0.538. The van der Waals surface area contributed by atoms with Crippen molar-refractivity contribution in [3.8, 4) is 22.1 Å². The number of nitrogens with one attached hydrogen (secondary N) is 1. The highest BCUT2D eigenvalue weighted by Gasteiger charge is 2.35. The van der Waals surface area contributed by atoms with Gasteiger partial charge in [0.05, 0.1) is 0 Å². The quantitative estimate of drug-likeness (QED) is 0.582. The fraction of sp³-hybridized carbons (Fsp3) is 0.238. The molecule has 1 N–H and O–H groups in total. The van der Waals surface area contributed by atoms with Crippen LogP contribution in [0, 0.1) is 0 Å². The van der Waals surface area contributed by atoms with Gasteiger partial charge in [0.25, 0.3) is 5.91 Å². The second kappa shape index (κ2) is 8.27. The molecule has 2 aromatic carbocycles. The van der Waals surface area contributed by atoms with Crippen LogP contribution in [0.2, 0.25) is 0 Å². The normalized spacial score (nSPS) is 17.1. The van der Waals surface area contributed by atoms with Crippen molar-refractivity contribution in [1.29, 1.82) is 0 Å². The van der Waals surface area contributed by atoms with Gasteiger partial charge in [-0.05, 0) is 49.2 Å². The minimum absolute atomic E-state index is 0.155. The van der Waals surface area contributed by atoms with E-state index < -0.39 is 6.04 Å². The van der Waals surface area contributed by atoms with Gasteiger partial charge in [0.15, 0.2) is 11.5 Å². The van der Waals surface area contributed by atoms with Crippen LogP contribution in [0.4, 0.5) is 5.13 Å². The van der Waals surface area contributed by atoms with E-state index in [0.29, 0.717) is 40.2 Å². The molecule has 158 valence electrons. The third-order valence-electron chi connectivity index (χ3n) is 5.16. The molecular weight excluding hydrogens is 484 g/mol. The number of aromatic nitrogens is 2. The lowest BCUT2D eigenvalue weighted by atomic mass is 10.1. The molecule has 2 aliphatic heterocycles. The molecule has 0 aliphatic carbocycles. The predicted molar refractivity (Wildman–Crippen MR) is 118 cm³/mol. The summed E-state index contributed by atoms with van der Waals surface area (Å²) in [6, 6.07) is 12.2. The number of carbonyl (C=O) groups is 2. The van der Waals surface area contributed by atoms with E-state index in [2.05, 4.69) is 31.4 Å². The molecule has 3 heterocycles. The number of nitrogens with zero attached hydrogens (tertiary/aromatic N) is 3. The lowest BCUT2D eigenvalue weighted by molar-refractivity contribution is -0.119. The van der Waals surface area contributed by atoms with Crippen molar-refractivity contribution >= 4 is 44.2 Å². The Morgan fingerprint density at radius 3 is 2.87 bits per heavy atom. The Balaban J connectivity index is 1.29. The molecule has 10 heteroatoms. The van der Waals surface area contributed by atoms with Gasteiger partial charge in [-0.1, -0.05) is 33.3 Å². The van der Waals surface area contributed by atoms with Crippen molar-refractivity contribution in [2.45, 2.75) is 18.9 Å². The van der Waals surface area contributed by atoms with Crippen LogP contribution in [0.3, 0.4) is 0 Å². The summed E-state index contributed by atoms with van der Waals surface area (Å²) >= 11 is 4.65. The van der Waals surface area contributed by atoms with E-state index in [1.165, 1.54) is 11.3 Å². The number of halogens is 1. The molecule has 1 aromatic heterocycles. The Morgan fingerprint density at radius 1 is 1.13 bits per heavy atom. The van der Waals surface area contributed by atoms with E-state index in [4.69, 9.17) is 9.47 Å². The van der Waals surface area contributed by atoms with Crippen molar-refractivity contribution in [2.75, 3.05) is 18.7 Å². The average Bonchev–Trinajstić information content (AvgIpc) is 3.52. The second-order valence-corrected chi connectivity index (χ2v) is 9.03. The first-order valence-electron chi connectivity index (χ1n) is 9.69. The highest BCUT2D eigenvalue weighted by Crippen LogP contribution is 2.37. The van der Waals surface area contributed by atoms with Gasteiger partial charge < -0.3 is 14.4 Å². The van der Waals surface area contributed by atoms with Crippen LogP contribution in [-0.4, -0.2) is 46.3 Å². The molecule has 1 atom stereocenters. The van der Waals surface area contributed by atoms with Crippen LogP contribution < -0.4 is 14.8 Å². The van der Waals surface area contributed by atoms with Crippen LogP contribution in [0.5, 0.6) is 11.5 Å². The molecule has 0 saturated carbocycles. The highest BCUT2D eigenvalue weighted by molar-refractivity contribution is 9.10. The fourth-order valence-corrected chi connectivity index (χ4v) is 4.82. The highest BCUT2D eigenvalue weighted by atomic mass is 79.9. The summed E-state index contributed by atoms with van der Waals surface area (Å²) in [5.74, 6) is 0.940. The van der Waals surface area contributed by atoms with Gasteiger partial charge in [0.1, 0.15) is 11.0 Å². The lowest BCUT2D eigenvalue weighted by Gasteiger charge is -2.23. The van der Waals surface area contributed by atoms with Gasteiger partial charge in [-0.15, -0.1) is 10.2 Å². The molecule has 1 unspecified atom stereocenters. The number of rotatable bonds is 4. The topological polar surface area (TPSA) is 93.7 Å². The van der Waals surface area contributed by atoms with Gasteiger partial charge in [-0.3, -0.25) is 14.9 Å². The Labute approximate surface area is 190 Å². The van der Waals surface area contributed by atoms with Gasteiger partial charge in [0, 0.05) is 22.1 Å². The summed E-state index contributed by atoms with van der Waals surface area (Å²) < 4.78 is 11.5. The van der Waals surface area contributed by atoms with Gasteiger partial charge in [-0.25, -0.2) is 0 Å². The summed E-state index contributed by atoms with van der Waals surface area (Å²) in [6.45, 7) is 0.745. The molecule has 1 saturated heterocycles. The molecule has 8 nitrogen and oxygen atoms in total. The van der Waals surface area contributed by atoms with Gasteiger partial charge in [0.2, 0.25) is 17.8 Å². The standard InChI is InChI=1S/C21H17BrN4O4S/c22-14-4-1-3-13(9-14)20(28)26-8-2-5-15(26)18(27)23-21-25-24-19(31-21)12-6-7-16-17(10-12)30-11-29-16/h1,3-4,6-7,9-10,15H,2,5,8,11H2,(H,23,25,27). The molecule has 5 rings (SSSR count). The molecular formula is C21H17BrN4O4S. The van der Waals surface area contributed by atoms with Crippen LogP contribution in [0.25, 0.3) is 10.6 Å². The second-order valence-electron chi connectivity index (χ2n) is 7.14. The average molecular weight is 501 g/mol. The van der Waals surface area contributed by atoms with Crippen LogP contribution in [-0.2, 0) is 4.79 Å². The third kappa shape index (κ3) is 4.00. The van der Waals surface area contributed by atoms with E-state index >= 15 is 0 Å². The van der Waals surface area contributed by atoms with Crippen LogP contribution >= 0.6 is 27.3 Å². The first-order chi connectivity index (χ1) is 15.1. The number of fused-ring (bicyclic) bond motifs is 1. The Kier molecular flexibility index (Phi) is 5.33. The van der Waals surface area contributed by atoms with Crippen molar-refractivity contribution < 1.29 is 19.1 Å². The molecule has 31 heavy (non-hydrogen) atoms. The summed E-state index contributed by atoms with van der Waals surface area (Å²) in [5.41, 5.74) is 1.38. The molecule has 2 amide bonds. The zero-order valence-corrected chi connectivity index (χ0v) is 18.6. The summed E-state index contributed by atoms with van der Waals surface area (Å²) in [5, 5.41) is 12.1. The Morgan fingerprint density at radius 2 is 2.00 bits per heavy atom. The van der Waals surface area contributed by atoms with Crippen molar-refractivity contribution in [1.82, 2.24) is 15.1 Å². The van der Waals surface area contributed by atoms with E-state index in [9.17, 15) is 9.59 Å². The fourth-order valence-electron chi connectivity index (χ4n) is 3.68. The number of likely N-dealkylation sites (tertiary alicyclic amines) is 1. The van der Waals surface area contributed by atoms with Crippen molar-refractivity contribution in [3.05, 3.63) is 52.5 Å². The molecule has 0 spiro atoms. The first kappa shape index (κ1) is 20.0. The van der Waals surface area contributed by atoms with Crippen LogP contribution in [0.15, 0.2) is 46.9 Å². The SMILES string of the molecule is O=C(Nc1nnc(-c2ccc3c(c2)OCO3)s1)C1CCCN1C(=O)c1cccc(Br)c1. The maximum atomic E-state index is 12.9. The number of ether oxygens (including phenoxy) is 2. The van der Waals surface area contributed by atoms with Crippen molar-refractivity contribution in [3.63, 3.8) is 0 Å². The summed E-state index contributed by atoms with van der Waals surface area (Å²) in [6.07, 6.45) is 1.38. The molecule has 0 radical (unpaired) electrons. The maximum Gasteiger partial charge on any atom is 0.254 e. The monoisotopic (exact) mass is 500 g/mol. The molecule has 2 aliphatic rings. The van der Waals surface area contributed by atoms with E-state index in [0.717, 1.165) is 16.5 Å². The zero-order chi connectivity index (χ0) is 21.4.